The summed E-state index contributed by atoms with van der Waals surface area (Å²) in [7, 11) is 5.92. The summed E-state index contributed by atoms with van der Waals surface area (Å²) in [5.41, 5.74) is 0. The van der Waals surface area contributed by atoms with E-state index in [1.165, 1.54) is 161 Å². The smallest absolute Gasteiger partial charge is 0.306 e. The van der Waals surface area contributed by atoms with Crippen LogP contribution >= 0.6 is 0 Å². The zero-order chi connectivity index (χ0) is 49.9. The van der Waals surface area contributed by atoms with Crippen LogP contribution in [0.1, 0.15) is 251 Å². The van der Waals surface area contributed by atoms with E-state index in [0.717, 1.165) is 57.8 Å². The number of allylic oxidation sites excluding steroid dienone is 8. The normalized spacial score (nSPS) is 13.1. The third kappa shape index (κ3) is 51.1. The zero-order valence-corrected chi connectivity index (χ0v) is 45.0. The van der Waals surface area contributed by atoms with Gasteiger partial charge in [0, 0.05) is 12.8 Å². The number of rotatable bonds is 52. The van der Waals surface area contributed by atoms with Crippen LogP contribution in [0.25, 0.3) is 0 Å². The van der Waals surface area contributed by atoms with Crippen molar-refractivity contribution in [2.75, 3.05) is 47.5 Å². The maximum Gasteiger partial charge on any atom is 0.306 e. The molecule has 0 bridgehead atoms. The number of hydrogen-bond donors (Lipinski definition) is 0. The van der Waals surface area contributed by atoms with Gasteiger partial charge in [-0.25, -0.2) is 0 Å². The van der Waals surface area contributed by atoms with Gasteiger partial charge in [-0.15, -0.1) is 0 Å². The Labute approximate surface area is 419 Å². The molecule has 9 nitrogen and oxygen atoms in total. The SMILES string of the molecule is CC/C=C\C/C=C\C/C=C\C/C=C\CCCCCCCCCCCCCCCCC(=O)OC(COC(=O)CCCCCCCCCCCCCCCCCC)COC(OCC[N+](C)(C)C)C(=O)[O-]. The summed E-state index contributed by atoms with van der Waals surface area (Å²) < 4.78 is 22.7. The van der Waals surface area contributed by atoms with E-state index < -0.39 is 24.3 Å². The predicted octanol–water partition coefficient (Wildman–Crippen LogP) is 15.0. The fourth-order valence-corrected chi connectivity index (χ4v) is 8.00. The summed E-state index contributed by atoms with van der Waals surface area (Å²) >= 11 is 0. The van der Waals surface area contributed by atoms with Gasteiger partial charge in [-0.2, -0.15) is 0 Å². The first-order valence-electron chi connectivity index (χ1n) is 28.3. The fraction of sp³-hybridized carbons (Fsp3) is 0.814. The first-order valence-corrected chi connectivity index (χ1v) is 28.3. The van der Waals surface area contributed by atoms with Gasteiger partial charge < -0.3 is 33.3 Å². The molecular weight excluding hydrogens is 851 g/mol. The number of quaternary nitrogens is 1. The third-order valence-corrected chi connectivity index (χ3v) is 12.3. The van der Waals surface area contributed by atoms with Crippen LogP contribution in [0.3, 0.4) is 0 Å². The molecule has 0 aliphatic carbocycles. The van der Waals surface area contributed by atoms with Gasteiger partial charge in [-0.3, -0.25) is 9.59 Å². The highest BCUT2D eigenvalue weighted by atomic mass is 16.7. The van der Waals surface area contributed by atoms with Gasteiger partial charge >= 0.3 is 11.9 Å². The van der Waals surface area contributed by atoms with Crippen LogP contribution in [0.4, 0.5) is 0 Å². The summed E-state index contributed by atoms with van der Waals surface area (Å²) in [6.07, 6.45) is 58.7. The highest BCUT2D eigenvalue weighted by Gasteiger charge is 2.22. The molecule has 0 aromatic carbocycles. The molecule has 0 rings (SSSR count). The minimum absolute atomic E-state index is 0.149. The van der Waals surface area contributed by atoms with Gasteiger partial charge in [-0.1, -0.05) is 236 Å². The number of esters is 2. The first kappa shape index (κ1) is 65.2. The van der Waals surface area contributed by atoms with Crippen molar-refractivity contribution in [1.82, 2.24) is 0 Å². The van der Waals surface area contributed by atoms with Crippen molar-refractivity contribution < 1.29 is 42.9 Å². The van der Waals surface area contributed by atoms with Crippen molar-refractivity contribution in [3.8, 4) is 0 Å². The molecule has 0 saturated heterocycles. The van der Waals surface area contributed by atoms with Crippen LogP contribution in [0.15, 0.2) is 48.6 Å². The zero-order valence-electron chi connectivity index (χ0n) is 45.0. The highest BCUT2D eigenvalue weighted by Crippen LogP contribution is 2.17. The summed E-state index contributed by atoms with van der Waals surface area (Å²) in [5, 5.41) is 11.8. The molecule has 0 N–H and O–H groups in total. The van der Waals surface area contributed by atoms with Crippen molar-refractivity contribution in [3.63, 3.8) is 0 Å². The molecule has 0 saturated carbocycles. The number of nitrogens with zero attached hydrogens (tertiary/aromatic N) is 1. The maximum absolute atomic E-state index is 12.9. The molecule has 9 heteroatoms. The Morgan fingerprint density at radius 3 is 1.25 bits per heavy atom. The number of hydrogen-bond acceptors (Lipinski definition) is 8. The molecule has 2 unspecified atom stereocenters. The Morgan fingerprint density at radius 2 is 0.838 bits per heavy atom. The molecule has 2 atom stereocenters. The minimum atomic E-state index is -1.62. The number of ether oxygens (including phenoxy) is 4. The Hall–Kier alpha value is -2.75. The van der Waals surface area contributed by atoms with Gasteiger partial charge in [0.25, 0.3) is 0 Å². The van der Waals surface area contributed by atoms with E-state index in [2.05, 4.69) is 62.5 Å². The number of aliphatic carboxylic acids is 1. The lowest BCUT2D eigenvalue weighted by atomic mass is 10.0. The Morgan fingerprint density at radius 1 is 0.456 bits per heavy atom. The summed E-state index contributed by atoms with van der Waals surface area (Å²) in [5.74, 6) is -2.27. The van der Waals surface area contributed by atoms with Crippen LogP contribution in [-0.4, -0.2) is 82.3 Å². The number of unbranched alkanes of at least 4 members (excludes halogenated alkanes) is 29. The number of carbonyl (C=O) groups is 3. The lowest BCUT2D eigenvalue weighted by molar-refractivity contribution is -0.870. The van der Waals surface area contributed by atoms with Crippen molar-refractivity contribution in [2.45, 2.75) is 264 Å². The Kier molecular flexibility index (Phi) is 48.6. The Balaban J connectivity index is 4.20. The van der Waals surface area contributed by atoms with Gasteiger partial charge in [0.05, 0.1) is 40.3 Å². The van der Waals surface area contributed by atoms with E-state index in [1.807, 2.05) is 21.1 Å². The lowest BCUT2D eigenvalue weighted by Crippen LogP contribution is -2.44. The maximum atomic E-state index is 12.9. The van der Waals surface area contributed by atoms with E-state index in [-0.39, 0.29) is 32.2 Å². The molecule has 0 fully saturated rings. The van der Waals surface area contributed by atoms with Gasteiger partial charge in [0.15, 0.2) is 12.4 Å². The molecule has 0 radical (unpaired) electrons. The quantitative estimate of drug-likeness (QED) is 0.0195. The lowest BCUT2D eigenvalue weighted by Gasteiger charge is -2.26. The van der Waals surface area contributed by atoms with Crippen molar-refractivity contribution >= 4 is 17.9 Å². The second-order valence-corrected chi connectivity index (χ2v) is 20.2. The molecule has 0 aliphatic rings. The van der Waals surface area contributed by atoms with Crippen LogP contribution in [0, 0.1) is 0 Å². The minimum Gasteiger partial charge on any atom is -0.545 e. The molecule has 0 aromatic heterocycles. The Bertz CT molecular complexity index is 1250. The summed E-state index contributed by atoms with van der Waals surface area (Å²) in [6.45, 7) is 4.66. The van der Waals surface area contributed by atoms with Crippen molar-refractivity contribution in [3.05, 3.63) is 48.6 Å². The van der Waals surface area contributed by atoms with Crippen LogP contribution in [0.5, 0.6) is 0 Å². The average Bonchev–Trinajstić information content (AvgIpc) is 3.30. The van der Waals surface area contributed by atoms with E-state index in [9.17, 15) is 19.5 Å². The van der Waals surface area contributed by atoms with Gasteiger partial charge in [-0.05, 0) is 51.4 Å². The van der Waals surface area contributed by atoms with Gasteiger partial charge in [0.2, 0.25) is 0 Å². The fourth-order valence-electron chi connectivity index (χ4n) is 8.00. The second-order valence-electron chi connectivity index (χ2n) is 20.2. The molecular formula is C59H107NO8. The van der Waals surface area contributed by atoms with E-state index in [1.54, 1.807) is 0 Å². The van der Waals surface area contributed by atoms with Crippen molar-refractivity contribution in [1.29, 1.82) is 0 Å². The highest BCUT2D eigenvalue weighted by molar-refractivity contribution is 5.70. The van der Waals surface area contributed by atoms with Crippen molar-refractivity contribution in [2.24, 2.45) is 0 Å². The molecule has 0 aliphatic heterocycles. The van der Waals surface area contributed by atoms with Crippen LogP contribution in [0.2, 0.25) is 0 Å². The largest absolute Gasteiger partial charge is 0.545 e. The molecule has 0 amide bonds. The monoisotopic (exact) mass is 958 g/mol. The third-order valence-electron chi connectivity index (χ3n) is 12.3. The van der Waals surface area contributed by atoms with E-state index in [4.69, 9.17) is 18.9 Å². The molecule has 0 aromatic rings. The predicted molar refractivity (Wildman–Crippen MR) is 283 cm³/mol. The molecule has 0 heterocycles. The standard InChI is InChI=1S/C59H107NO8/c1-6-8-10-12-14-16-18-20-22-24-25-26-27-28-29-30-31-32-33-34-36-38-40-42-44-46-48-50-57(62)68-55(54-67-59(58(63)64)65-52-51-60(3,4)5)53-66-56(61)49-47-45-43-41-39-37-35-23-21-19-17-15-13-11-9-7-2/h8,10,14,16,20,22,25-26,55,59H,6-7,9,11-13,15,17-19,21,23-24,27-54H2,1-5H3/b10-8-,16-14-,22-20-,26-25-. The number of carbonyl (C=O) groups excluding carboxylic acids is 3. The first-order chi connectivity index (χ1) is 33.1. The second kappa shape index (κ2) is 50.6. The summed E-state index contributed by atoms with van der Waals surface area (Å²) in [4.78, 5) is 37.2. The number of likely N-dealkylation sites (N-methyl/N-ethyl adjacent to an activating group) is 1. The summed E-state index contributed by atoms with van der Waals surface area (Å²) in [6, 6.07) is 0. The van der Waals surface area contributed by atoms with Crippen LogP contribution < -0.4 is 5.11 Å². The van der Waals surface area contributed by atoms with E-state index >= 15 is 0 Å². The average molecular weight is 959 g/mol. The number of carboxylic acid groups (broad SMARTS) is 1. The van der Waals surface area contributed by atoms with Gasteiger partial charge in [0.1, 0.15) is 13.2 Å². The van der Waals surface area contributed by atoms with E-state index in [0.29, 0.717) is 23.9 Å². The topological polar surface area (TPSA) is 111 Å². The number of carboxylic acids is 1. The molecule has 0 spiro atoms. The van der Waals surface area contributed by atoms with Crippen LogP contribution in [-0.2, 0) is 33.3 Å². The molecule has 68 heavy (non-hydrogen) atoms. The molecule has 396 valence electrons.